The minimum atomic E-state index is 0.607. The standard InChI is InChI=1S/C14H13BrN2O2S/c1-9-3-4-11(12(7-9)18-2)19-13-10(8-15)17-5-6-20-14(17)16-13/h3-7H,8H2,1-2H3. The molecule has 4 nitrogen and oxygen atoms in total. The average Bonchev–Trinajstić information content (AvgIpc) is 3.00. The zero-order valence-corrected chi connectivity index (χ0v) is 13.5. The van der Waals surface area contributed by atoms with Crippen LogP contribution in [0.3, 0.4) is 0 Å². The van der Waals surface area contributed by atoms with Gasteiger partial charge in [-0.05, 0) is 24.6 Å². The molecule has 104 valence electrons. The fourth-order valence-corrected chi connectivity index (χ4v) is 3.21. The Bertz CT molecular complexity index is 751. The van der Waals surface area contributed by atoms with Crippen molar-refractivity contribution in [2.45, 2.75) is 12.3 Å². The Morgan fingerprint density at radius 1 is 1.35 bits per heavy atom. The highest BCUT2D eigenvalue weighted by Gasteiger charge is 2.16. The summed E-state index contributed by atoms with van der Waals surface area (Å²) in [6, 6.07) is 5.84. The number of hydrogen-bond donors (Lipinski definition) is 0. The highest BCUT2D eigenvalue weighted by molar-refractivity contribution is 9.08. The number of benzene rings is 1. The van der Waals surface area contributed by atoms with Gasteiger partial charge in [-0.15, -0.1) is 11.3 Å². The van der Waals surface area contributed by atoms with E-state index in [0.29, 0.717) is 22.7 Å². The third-order valence-corrected chi connectivity index (χ3v) is 4.26. The van der Waals surface area contributed by atoms with Crippen molar-refractivity contribution >= 4 is 32.2 Å². The minimum Gasteiger partial charge on any atom is -0.493 e. The van der Waals surface area contributed by atoms with Gasteiger partial charge in [0.1, 0.15) is 0 Å². The number of alkyl halides is 1. The Morgan fingerprint density at radius 2 is 2.20 bits per heavy atom. The lowest BCUT2D eigenvalue weighted by atomic mass is 10.2. The first kappa shape index (κ1) is 13.5. The maximum Gasteiger partial charge on any atom is 0.243 e. The molecule has 0 radical (unpaired) electrons. The Labute approximate surface area is 129 Å². The summed E-state index contributed by atoms with van der Waals surface area (Å²) in [5.74, 6) is 1.99. The van der Waals surface area contributed by atoms with E-state index in [4.69, 9.17) is 9.47 Å². The third kappa shape index (κ3) is 2.29. The smallest absolute Gasteiger partial charge is 0.243 e. The van der Waals surface area contributed by atoms with Crippen molar-refractivity contribution < 1.29 is 9.47 Å². The lowest BCUT2D eigenvalue weighted by Crippen LogP contribution is -1.94. The zero-order valence-electron chi connectivity index (χ0n) is 11.1. The maximum atomic E-state index is 5.94. The molecule has 0 fully saturated rings. The highest BCUT2D eigenvalue weighted by Crippen LogP contribution is 2.35. The number of imidazole rings is 1. The van der Waals surface area contributed by atoms with Crippen molar-refractivity contribution in [2.75, 3.05) is 7.11 Å². The number of ether oxygens (including phenoxy) is 2. The van der Waals surface area contributed by atoms with Crippen molar-refractivity contribution in [2.24, 2.45) is 0 Å². The van der Waals surface area contributed by atoms with Crippen LogP contribution in [0.4, 0.5) is 0 Å². The van der Waals surface area contributed by atoms with Crippen LogP contribution in [0.15, 0.2) is 29.8 Å². The Balaban J connectivity index is 2.02. The van der Waals surface area contributed by atoms with Crippen molar-refractivity contribution in [3.8, 4) is 17.4 Å². The van der Waals surface area contributed by atoms with E-state index in [1.807, 2.05) is 41.1 Å². The van der Waals surface area contributed by atoms with Crippen molar-refractivity contribution in [3.05, 3.63) is 41.0 Å². The van der Waals surface area contributed by atoms with E-state index in [1.165, 1.54) is 0 Å². The minimum absolute atomic E-state index is 0.607. The van der Waals surface area contributed by atoms with Gasteiger partial charge in [-0.2, -0.15) is 4.98 Å². The van der Waals surface area contributed by atoms with Gasteiger partial charge in [-0.1, -0.05) is 22.0 Å². The topological polar surface area (TPSA) is 35.8 Å². The van der Waals surface area contributed by atoms with Gasteiger partial charge in [-0.25, -0.2) is 0 Å². The lowest BCUT2D eigenvalue weighted by Gasteiger charge is -2.10. The van der Waals surface area contributed by atoms with E-state index in [9.17, 15) is 0 Å². The second-order valence-electron chi connectivity index (χ2n) is 4.31. The number of halogens is 1. The molecular formula is C14H13BrN2O2S. The molecule has 0 unspecified atom stereocenters. The normalized spacial score (nSPS) is 10.9. The van der Waals surface area contributed by atoms with E-state index < -0.39 is 0 Å². The fourth-order valence-electron chi connectivity index (χ4n) is 1.98. The first-order valence-corrected chi connectivity index (χ1v) is 8.06. The Hall–Kier alpha value is -1.53. The summed E-state index contributed by atoms with van der Waals surface area (Å²) in [7, 11) is 1.64. The van der Waals surface area contributed by atoms with E-state index in [0.717, 1.165) is 16.2 Å². The van der Waals surface area contributed by atoms with Gasteiger partial charge in [-0.3, -0.25) is 4.40 Å². The van der Waals surface area contributed by atoms with Gasteiger partial charge in [0.05, 0.1) is 12.8 Å². The van der Waals surface area contributed by atoms with Gasteiger partial charge in [0.15, 0.2) is 16.5 Å². The van der Waals surface area contributed by atoms with Crippen LogP contribution in [0.5, 0.6) is 17.4 Å². The molecule has 0 aliphatic heterocycles. The molecule has 0 amide bonds. The number of fused-ring (bicyclic) bond motifs is 1. The molecular weight excluding hydrogens is 340 g/mol. The molecule has 2 aromatic heterocycles. The molecule has 0 aliphatic rings. The van der Waals surface area contributed by atoms with Crippen molar-refractivity contribution in [1.29, 1.82) is 0 Å². The lowest BCUT2D eigenvalue weighted by molar-refractivity contribution is 0.373. The summed E-state index contributed by atoms with van der Waals surface area (Å²) >= 11 is 5.07. The molecule has 0 atom stereocenters. The summed E-state index contributed by atoms with van der Waals surface area (Å²) < 4.78 is 13.3. The second-order valence-corrected chi connectivity index (χ2v) is 5.74. The van der Waals surface area contributed by atoms with Gasteiger partial charge >= 0.3 is 0 Å². The van der Waals surface area contributed by atoms with Crippen LogP contribution in [0.1, 0.15) is 11.3 Å². The number of aryl methyl sites for hydroxylation is 1. The van der Waals surface area contributed by atoms with E-state index in [-0.39, 0.29) is 0 Å². The molecule has 2 heterocycles. The molecule has 0 N–H and O–H groups in total. The van der Waals surface area contributed by atoms with E-state index in [1.54, 1.807) is 18.4 Å². The number of thiazole rings is 1. The molecule has 6 heteroatoms. The van der Waals surface area contributed by atoms with Crippen LogP contribution in [0.2, 0.25) is 0 Å². The van der Waals surface area contributed by atoms with Gasteiger partial charge in [0.25, 0.3) is 0 Å². The summed E-state index contributed by atoms with van der Waals surface area (Å²) in [6.45, 7) is 2.02. The second kappa shape index (κ2) is 5.46. The van der Waals surface area contributed by atoms with Gasteiger partial charge in [0, 0.05) is 16.9 Å². The van der Waals surface area contributed by atoms with Crippen LogP contribution < -0.4 is 9.47 Å². The maximum absolute atomic E-state index is 5.94. The van der Waals surface area contributed by atoms with Crippen molar-refractivity contribution in [1.82, 2.24) is 9.38 Å². The molecule has 0 saturated carbocycles. The SMILES string of the molecule is COc1cc(C)ccc1Oc1nc2sccn2c1CBr. The molecule has 3 rings (SSSR count). The number of nitrogens with zero attached hydrogens (tertiary/aromatic N) is 2. The van der Waals surface area contributed by atoms with Gasteiger partial charge < -0.3 is 9.47 Å². The summed E-state index contributed by atoms with van der Waals surface area (Å²) in [5, 5.41) is 2.68. The molecule has 0 spiro atoms. The zero-order chi connectivity index (χ0) is 14.1. The first-order valence-electron chi connectivity index (χ1n) is 6.06. The van der Waals surface area contributed by atoms with Crippen LogP contribution in [0.25, 0.3) is 4.96 Å². The molecule has 3 aromatic rings. The van der Waals surface area contributed by atoms with Crippen LogP contribution >= 0.6 is 27.3 Å². The predicted molar refractivity (Wildman–Crippen MR) is 83.5 cm³/mol. The summed E-state index contributed by atoms with van der Waals surface area (Å²) in [4.78, 5) is 5.43. The molecule has 0 saturated heterocycles. The van der Waals surface area contributed by atoms with Crippen LogP contribution in [-0.2, 0) is 5.33 Å². The third-order valence-electron chi connectivity index (χ3n) is 2.98. The highest BCUT2D eigenvalue weighted by atomic mass is 79.9. The molecule has 1 aromatic carbocycles. The Morgan fingerprint density at radius 3 is 2.95 bits per heavy atom. The van der Waals surface area contributed by atoms with E-state index >= 15 is 0 Å². The quantitative estimate of drug-likeness (QED) is 0.652. The number of rotatable bonds is 4. The fraction of sp³-hybridized carbons (Fsp3) is 0.214. The average molecular weight is 353 g/mol. The molecule has 0 bridgehead atoms. The van der Waals surface area contributed by atoms with E-state index in [2.05, 4.69) is 20.9 Å². The van der Waals surface area contributed by atoms with Crippen LogP contribution in [-0.4, -0.2) is 16.5 Å². The van der Waals surface area contributed by atoms with Crippen LogP contribution in [0, 0.1) is 6.92 Å². The number of hydrogen-bond acceptors (Lipinski definition) is 4. The first-order chi connectivity index (χ1) is 9.72. The summed E-state index contributed by atoms with van der Waals surface area (Å²) in [6.07, 6.45) is 1.99. The summed E-state index contributed by atoms with van der Waals surface area (Å²) in [5.41, 5.74) is 2.12. The van der Waals surface area contributed by atoms with Gasteiger partial charge in [0.2, 0.25) is 5.88 Å². The molecule has 20 heavy (non-hydrogen) atoms. The molecule has 0 aliphatic carbocycles. The van der Waals surface area contributed by atoms with Crippen molar-refractivity contribution in [3.63, 3.8) is 0 Å². The predicted octanol–water partition coefficient (Wildman–Crippen LogP) is 4.40. The number of methoxy groups -OCH3 is 1. The number of aromatic nitrogens is 2. The largest absolute Gasteiger partial charge is 0.493 e. The Kier molecular flexibility index (Phi) is 3.67. The monoisotopic (exact) mass is 352 g/mol.